The summed E-state index contributed by atoms with van der Waals surface area (Å²) < 4.78 is 18.2. The molecule has 14 heavy (non-hydrogen) atoms. The van der Waals surface area contributed by atoms with Crippen LogP contribution in [0.15, 0.2) is 18.2 Å². The average Bonchev–Trinajstić information content (AvgIpc) is 2.20. The molecular weight excluding hydrogens is 181 g/mol. The second-order valence-electron chi connectivity index (χ2n) is 2.99. The fraction of sp³-hybridized carbons (Fsp3) is 0.455. The molecule has 0 heterocycles. The molecule has 0 aliphatic rings. The van der Waals surface area contributed by atoms with E-state index in [0.717, 1.165) is 18.8 Å². The highest BCUT2D eigenvalue weighted by molar-refractivity contribution is 5.49. The van der Waals surface area contributed by atoms with Crippen LogP contribution in [0, 0.1) is 5.82 Å². The molecule has 1 aromatic carbocycles. The van der Waals surface area contributed by atoms with Gasteiger partial charge in [0.1, 0.15) is 0 Å². The van der Waals surface area contributed by atoms with Crippen LogP contribution in [-0.2, 0) is 0 Å². The minimum atomic E-state index is -0.308. The third-order valence-corrected chi connectivity index (χ3v) is 2.26. The molecule has 0 radical (unpaired) electrons. The van der Waals surface area contributed by atoms with E-state index in [-0.39, 0.29) is 5.82 Å². The van der Waals surface area contributed by atoms with E-state index in [1.54, 1.807) is 6.07 Å². The van der Waals surface area contributed by atoms with Crippen molar-refractivity contribution in [1.29, 1.82) is 0 Å². The first-order chi connectivity index (χ1) is 6.72. The Morgan fingerprint density at radius 2 is 1.93 bits per heavy atom. The van der Waals surface area contributed by atoms with Gasteiger partial charge >= 0.3 is 0 Å². The van der Waals surface area contributed by atoms with Crippen molar-refractivity contribution in [3.05, 3.63) is 24.0 Å². The highest BCUT2D eigenvalue weighted by Gasteiger charge is 2.06. The molecule has 2 nitrogen and oxygen atoms in total. The summed E-state index contributed by atoms with van der Waals surface area (Å²) in [5.41, 5.74) is 0.897. The van der Waals surface area contributed by atoms with Gasteiger partial charge in [-0.1, -0.05) is 0 Å². The topological polar surface area (TPSA) is 12.5 Å². The first-order valence-corrected chi connectivity index (χ1v) is 4.81. The van der Waals surface area contributed by atoms with E-state index in [9.17, 15) is 4.39 Å². The van der Waals surface area contributed by atoms with Crippen molar-refractivity contribution in [2.24, 2.45) is 0 Å². The number of methoxy groups -OCH3 is 1. The van der Waals surface area contributed by atoms with Crippen LogP contribution in [-0.4, -0.2) is 20.2 Å². The van der Waals surface area contributed by atoms with E-state index in [1.165, 1.54) is 13.2 Å². The van der Waals surface area contributed by atoms with E-state index in [1.807, 2.05) is 19.9 Å². The molecule has 0 bridgehead atoms. The van der Waals surface area contributed by atoms with Gasteiger partial charge in [0.15, 0.2) is 11.6 Å². The lowest BCUT2D eigenvalue weighted by Crippen LogP contribution is -2.21. The first kappa shape index (κ1) is 10.8. The Balaban J connectivity index is 2.95. The van der Waals surface area contributed by atoms with Crippen LogP contribution in [0.3, 0.4) is 0 Å². The average molecular weight is 197 g/mol. The van der Waals surface area contributed by atoms with Gasteiger partial charge in [0, 0.05) is 24.8 Å². The number of hydrogen-bond donors (Lipinski definition) is 0. The maximum absolute atomic E-state index is 13.3. The Kier molecular flexibility index (Phi) is 3.74. The van der Waals surface area contributed by atoms with Crippen molar-refractivity contribution in [2.75, 3.05) is 25.1 Å². The molecule has 1 rings (SSSR count). The molecule has 0 aliphatic heterocycles. The van der Waals surface area contributed by atoms with Gasteiger partial charge in [-0.2, -0.15) is 0 Å². The molecule has 0 fully saturated rings. The fourth-order valence-electron chi connectivity index (χ4n) is 1.44. The van der Waals surface area contributed by atoms with Gasteiger partial charge in [-0.25, -0.2) is 4.39 Å². The Labute approximate surface area is 84.3 Å². The van der Waals surface area contributed by atoms with Crippen LogP contribution in [0.1, 0.15) is 13.8 Å². The number of nitrogens with zero attached hydrogens (tertiary/aromatic N) is 1. The van der Waals surface area contributed by atoms with Gasteiger partial charge in [-0.15, -0.1) is 0 Å². The quantitative estimate of drug-likeness (QED) is 0.735. The lowest BCUT2D eigenvalue weighted by atomic mass is 10.2. The third-order valence-electron chi connectivity index (χ3n) is 2.26. The summed E-state index contributed by atoms with van der Waals surface area (Å²) in [6, 6.07) is 5.03. The van der Waals surface area contributed by atoms with E-state index in [2.05, 4.69) is 4.90 Å². The summed E-state index contributed by atoms with van der Waals surface area (Å²) in [7, 11) is 1.47. The van der Waals surface area contributed by atoms with Gasteiger partial charge < -0.3 is 9.64 Å². The smallest absolute Gasteiger partial charge is 0.167 e. The lowest BCUT2D eigenvalue weighted by Gasteiger charge is -2.21. The molecule has 0 aliphatic carbocycles. The lowest BCUT2D eigenvalue weighted by molar-refractivity contribution is 0.386. The van der Waals surface area contributed by atoms with Crippen molar-refractivity contribution in [3.8, 4) is 5.75 Å². The zero-order chi connectivity index (χ0) is 10.6. The van der Waals surface area contributed by atoms with Crippen LogP contribution < -0.4 is 9.64 Å². The van der Waals surface area contributed by atoms with Crippen LogP contribution in [0.5, 0.6) is 5.75 Å². The summed E-state index contributed by atoms with van der Waals surface area (Å²) in [5.74, 6) is -0.0159. The number of anilines is 1. The summed E-state index contributed by atoms with van der Waals surface area (Å²) in [4.78, 5) is 2.09. The van der Waals surface area contributed by atoms with Crippen molar-refractivity contribution in [3.63, 3.8) is 0 Å². The molecule has 0 aromatic heterocycles. The Morgan fingerprint density at radius 1 is 1.29 bits per heavy atom. The minimum Gasteiger partial charge on any atom is -0.494 e. The zero-order valence-electron chi connectivity index (χ0n) is 8.88. The summed E-state index contributed by atoms with van der Waals surface area (Å²) in [6.07, 6.45) is 0. The highest BCUT2D eigenvalue weighted by Crippen LogP contribution is 2.23. The predicted octanol–water partition coefficient (Wildman–Crippen LogP) is 2.68. The number of halogens is 1. The molecule has 0 spiro atoms. The van der Waals surface area contributed by atoms with E-state index in [4.69, 9.17) is 4.74 Å². The molecule has 0 atom stereocenters. The molecule has 3 heteroatoms. The van der Waals surface area contributed by atoms with Crippen molar-refractivity contribution < 1.29 is 9.13 Å². The van der Waals surface area contributed by atoms with Gasteiger partial charge in [0.05, 0.1) is 7.11 Å². The van der Waals surface area contributed by atoms with Crippen LogP contribution in [0.25, 0.3) is 0 Å². The number of hydrogen-bond acceptors (Lipinski definition) is 2. The van der Waals surface area contributed by atoms with Crippen LogP contribution in [0.4, 0.5) is 10.1 Å². The van der Waals surface area contributed by atoms with Gasteiger partial charge in [0.2, 0.25) is 0 Å². The summed E-state index contributed by atoms with van der Waals surface area (Å²) in [5, 5.41) is 0. The molecule has 1 aromatic rings. The van der Waals surface area contributed by atoms with Crippen molar-refractivity contribution in [1.82, 2.24) is 0 Å². The Hall–Kier alpha value is -1.25. The predicted molar refractivity (Wildman–Crippen MR) is 56.5 cm³/mol. The normalized spacial score (nSPS) is 10.0. The Morgan fingerprint density at radius 3 is 2.36 bits per heavy atom. The molecular formula is C11H16FNO. The molecule has 0 amide bonds. The zero-order valence-corrected chi connectivity index (χ0v) is 8.88. The highest BCUT2D eigenvalue weighted by atomic mass is 19.1. The van der Waals surface area contributed by atoms with Gasteiger partial charge in [-0.3, -0.25) is 0 Å². The second-order valence-corrected chi connectivity index (χ2v) is 2.99. The van der Waals surface area contributed by atoms with E-state index >= 15 is 0 Å². The number of rotatable bonds is 4. The standard InChI is InChI=1S/C11H16FNO/c1-4-13(5-2)9-6-7-11(14-3)10(12)8-9/h6-8H,4-5H2,1-3H3. The molecule has 78 valence electrons. The number of benzene rings is 1. The van der Waals surface area contributed by atoms with Crippen molar-refractivity contribution >= 4 is 5.69 Å². The second kappa shape index (κ2) is 4.84. The van der Waals surface area contributed by atoms with Gasteiger partial charge in [0.25, 0.3) is 0 Å². The van der Waals surface area contributed by atoms with E-state index in [0.29, 0.717) is 5.75 Å². The molecule has 0 saturated heterocycles. The van der Waals surface area contributed by atoms with Gasteiger partial charge in [-0.05, 0) is 26.0 Å². The summed E-state index contributed by atoms with van der Waals surface area (Å²) in [6.45, 7) is 5.85. The molecule has 0 saturated carbocycles. The maximum Gasteiger partial charge on any atom is 0.167 e. The van der Waals surface area contributed by atoms with Crippen LogP contribution >= 0.6 is 0 Å². The number of ether oxygens (including phenoxy) is 1. The largest absolute Gasteiger partial charge is 0.494 e. The monoisotopic (exact) mass is 197 g/mol. The Bertz CT molecular complexity index is 297. The summed E-state index contributed by atoms with van der Waals surface area (Å²) >= 11 is 0. The molecule has 0 unspecified atom stereocenters. The third kappa shape index (κ3) is 2.16. The minimum absolute atomic E-state index is 0.293. The van der Waals surface area contributed by atoms with E-state index < -0.39 is 0 Å². The molecule has 0 N–H and O–H groups in total. The first-order valence-electron chi connectivity index (χ1n) is 4.81. The van der Waals surface area contributed by atoms with Crippen molar-refractivity contribution in [2.45, 2.75) is 13.8 Å². The van der Waals surface area contributed by atoms with Crippen LogP contribution in [0.2, 0.25) is 0 Å². The fourth-order valence-corrected chi connectivity index (χ4v) is 1.44. The SMILES string of the molecule is CCN(CC)c1ccc(OC)c(F)c1. The maximum atomic E-state index is 13.3.